The van der Waals surface area contributed by atoms with E-state index in [4.69, 9.17) is 0 Å². The van der Waals surface area contributed by atoms with Crippen LogP contribution in [0.1, 0.15) is 33.6 Å². The molecule has 0 radical (unpaired) electrons. The lowest BCUT2D eigenvalue weighted by Gasteiger charge is -2.43. The Hall–Kier alpha value is -0.410. The van der Waals surface area contributed by atoms with Gasteiger partial charge in [-0.2, -0.15) is 0 Å². The van der Waals surface area contributed by atoms with Crippen LogP contribution in [0.2, 0.25) is 0 Å². The molecule has 1 aliphatic carbocycles. The van der Waals surface area contributed by atoms with Crippen LogP contribution in [-0.4, -0.2) is 27.7 Å². The van der Waals surface area contributed by atoms with Gasteiger partial charge in [-0.15, -0.1) is 0 Å². The van der Waals surface area contributed by atoms with E-state index in [9.17, 15) is 15.0 Å². The van der Waals surface area contributed by atoms with E-state index in [1.54, 1.807) is 13.8 Å². The zero-order valence-electron chi connectivity index (χ0n) is 7.79. The quantitative estimate of drug-likeness (QED) is 0.559. The van der Waals surface area contributed by atoms with E-state index in [0.29, 0.717) is 6.42 Å². The maximum absolute atomic E-state index is 11.2. The minimum atomic E-state index is -1.25. The lowest BCUT2D eigenvalue weighted by atomic mass is 9.67. The summed E-state index contributed by atoms with van der Waals surface area (Å²) in [6.45, 7) is 5.10. The summed E-state index contributed by atoms with van der Waals surface area (Å²) in [5.74, 6) is 0.0234. The second-order valence-electron chi connectivity index (χ2n) is 4.64. The molecule has 0 aromatic rings. The molecule has 70 valence electrons. The van der Waals surface area contributed by atoms with Crippen molar-refractivity contribution in [3.63, 3.8) is 0 Å². The number of aliphatic hydroxyl groups excluding tert-OH is 1. The van der Waals surface area contributed by atoms with E-state index in [-0.39, 0.29) is 12.2 Å². The molecule has 0 amide bonds. The predicted molar refractivity (Wildman–Crippen MR) is 44.7 cm³/mol. The van der Waals surface area contributed by atoms with Crippen molar-refractivity contribution in [3.05, 3.63) is 0 Å². The summed E-state index contributed by atoms with van der Waals surface area (Å²) < 4.78 is 0. The first-order valence-electron chi connectivity index (χ1n) is 4.18. The van der Waals surface area contributed by atoms with Gasteiger partial charge in [-0.25, -0.2) is 0 Å². The SMILES string of the molecule is CC1(C)CC(=O)CC(C)(O)C1O. The number of hydrogen-bond donors (Lipinski definition) is 2. The van der Waals surface area contributed by atoms with Crippen LogP contribution < -0.4 is 0 Å². The molecule has 0 saturated heterocycles. The Bertz CT molecular complexity index is 186. The molecule has 1 aliphatic rings. The molecule has 1 rings (SSSR count). The molecule has 12 heavy (non-hydrogen) atoms. The minimum Gasteiger partial charge on any atom is -0.390 e. The molecular weight excluding hydrogens is 156 g/mol. The molecule has 1 saturated carbocycles. The zero-order chi connectivity index (χ0) is 9.57. The second-order valence-corrected chi connectivity index (χ2v) is 4.64. The van der Waals surface area contributed by atoms with E-state index >= 15 is 0 Å². The third-order valence-corrected chi connectivity index (χ3v) is 2.54. The number of rotatable bonds is 0. The Labute approximate surface area is 72.4 Å². The van der Waals surface area contributed by atoms with Crippen molar-refractivity contribution in [2.75, 3.05) is 0 Å². The van der Waals surface area contributed by atoms with Gasteiger partial charge < -0.3 is 10.2 Å². The second kappa shape index (κ2) is 2.54. The van der Waals surface area contributed by atoms with Gasteiger partial charge >= 0.3 is 0 Å². The first kappa shape index (κ1) is 9.68. The average Bonchev–Trinajstić information content (AvgIpc) is 1.80. The van der Waals surface area contributed by atoms with Gasteiger partial charge in [0, 0.05) is 18.3 Å². The van der Waals surface area contributed by atoms with E-state index in [1.807, 2.05) is 0 Å². The van der Waals surface area contributed by atoms with Gasteiger partial charge in [0.25, 0.3) is 0 Å². The Morgan fingerprint density at radius 3 is 2.25 bits per heavy atom. The number of Topliss-reactive ketones (excluding diaryl/α,β-unsaturated/α-hetero) is 1. The molecule has 0 bridgehead atoms. The third-order valence-electron chi connectivity index (χ3n) is 2.54. The van der Waals surface area contributed by atoms with Crippen molar-refractivity contribution in [1.82, 2.24) is 0 Å². The fourth-order valence-electron chi connectivity index (χ4n) is 2.00. The number of carbonyl (C=O) groups excluding carboxylic acids is 1. The Morgan fingerprint density at radius 2 is 1.83 bits per heavy atom. The highest BCUT2D eigenvalue weighted by Crippen LogP contribution is 2.39. The highest BCUT2D eigenvalue weighted by atomic mass is 16.3. The summed E-state index contributed by atoms with van der Waals surface area (Å²) in [6, 6.07) is 0. The maximum atomic E-state index is 11.2. The van der Waals surface area contributed by atoms with E-state index in [0.717, 1.165) is 0 Å². The van der Waals surface area contributed by atoms with Crippen LogP contribution in [0, 0.1) is 5.41 Å². The summed E-state index contributed by atoms with van der Waals surface area (Å²) in [6.07, 6.45) is -0.398. The number of ketones is 1. The lowest BCUT2D eigenvalue weighted by Crippen LogP contribution is -2.54. The van der Waals surface area contributed by atoms with Crippen molar-refractivity contribution in [3.8, 4) is 0 Å². The fraction of sp³-hybridized carbons (Fsp3) is 0.889. The first-order valence-corrected chi connectivity index (χ1v) is 4.18. The van der Waals surface area contributed by atoms with Crippen molar-refractivity contribution in [2.24, 2.45) is 5.41 Å². The van der Waals surface area contributed by atoms with Crippen LogP contribution in [0.3, 0.4) is 0 Å². The maximum Gasteiger partial charge on any atom is 0.136 e. The molecule has 3 heteroatoms. The van der Waals surface area contributed by atoms with Gasteiger partial charge in [0.15, 0.2) is 0 Å². The summed E-state index contributed by atoms with van der Waals surface area (Å²) in [5, 5.41) is 19.4. The van der Waals surface area contributed by atoms with Crippen molar-refractivity contribution >= 4 is 5.78 Å². The van der Waals surface area contributed by atoms with Crippen LogP contribution in [0.25, 0.3) is 0 Å². The van der Waals surface area contributed by atoms with Crippen LogP contribution in [0.4, 0.5) is 0 Å². The molecular formula is C9H16O3. The van der Waals surface area contributed by atoms with Crippen LogP contribution in [-0.2, 0) is 4.79 Å². The predicted octanol–water partition coefficient (Wildman–Crippen LogP) is 0.487. The van der Waals surface area contributed by atoms with E-state index < -0.39 is 17.1 Å². The van der Waals surface area contributed by atoms with Crippen molar-refractivity contribution in [1.29, 1.82) is 0 Å². The van der Waals surface area contributed by atoms with Gasteiger partial charge in [-0.05, 0) is 6.92 Å². The van der Waals surface area contributed by atoms with E-state index in [1.165, 1.54) is 6.92 Å². The molecule has 1 fully saturated rings. The zero-order valence-corrected chi connectivity index (χ0v) is 7.79. The number of carbonyl (C=O) groups is 1. The van der Waals surface area contributed by atoms with Crippen LogP contribution in [0.5, 0.6) is 0 Å². The smallest absolute Gasteiger partial charge is 0.136 e. The van der Waals surface area contributed by atoms with Gasteiger partial charge in [0.2, 0.25) is 0 Å². The summed E-state index contributed by atoms with van der Waals surface area (Å²) >= 11 is 0. The molecule has 0 spiro atoms. The molecule has 0 aliphatic heterocycles. The minimum absolute atomic E-state index is 0.0234. The van der Waals surface area contributed by atoms with Gasteiger partial charge in [0.05, 0.1) is 11.7 Å². The molecule has 0 heterocycles. The highest BCUT2D eigenvalue weighted by Gasteiger charge is 2.47. The third kappa shape index (κ3) is 1.52. The van der Waals surface area contributed by atoms with Crippen molar-refractivity contribution < 1.29 is 15.0 Å². The summed E-state index contributed by atoms with van der Waals surface area (Å²) in [4.78, 5) is 11.2. The first-order chi connectivity index (χ1) is 5.26. The Morgan fingerprint density at radius 1 is 1.33 bits per heavy atom. The van der Waals surface area contributed by atoms with Crippen molar-refractivity contribution in [2.45, 2.75) is 45.3 Å². The van der Waals surface area contributed by atoms with Gasteiger partial charge in [0.1, 0.15) is 5.78 Å². The van der Waals surface area contributed by atoms with Crippen LogP contribution >= 0.6 is 0 Å². The molecule has 0 aromatic heterocycles. The molecule has 2 N–H and O–H groups in total. The standard InChI is InChI=1S/C9H16O3/c1-8(2)4-6(10)5-9(3,12)7(8)11/h7,11-12H,4-5H2,1-3H3. The largest absolute Gasteiger partial charge is 0.390 e. The Kier molecular flexibility index (Phi) is 2.05. The van der Waals surface area contributed by atoms with Gasteiger partial charge in [-0.3, -0.25) is 4.79 Å². The lowest BCUT2D eigenvalue weighted by molar-refractivity contribution is -0.161. The monoisotopic (exact) mass is 172 g/mol. The average molecular weight is 172 g/mol. The summed E-state index contributed by atoms with van der Waals surface area (Å²) in [5.41, 5.74) is -1.75. The Balaban J connectivity index is 2.91. The van der Waals surface area contributed by atoms with E-state index in [2.05, 4.69) is 0 Å². The fourth-order valence-corrected chi connectivity index (χ4v) is 2.00. The number of aliphatic hydroxyl groups is 2. The topological polar surface area (TPSA) is 57.5 Å². The highest BCUT2D eigenvalue weighted by molar-refractivity contribution is 5.81. The molecule has 3 nitrogen and oxygen atoms in total. The molecule has 0 aromatic carbocycles. The molecule has 2 unspecified atom stereocenters. The normalized spacial score (nSPS) is 41.4. The van der Waals surface area contributed by atoms with Crippen LogP contribution in [0.15, 0.2) is 0 Å². The molecule has 2 atom stereocenters. The summed E-state index contributed by atoms with van der Waals surface area (Å²) in [7, 11) is 0. The van der Waals surface area contributed by atoms with Gasteiger partial charge in [-0.1, -0.05) is 13.8 Å². The number of hydrogen-bond acceptors (Lipinski definition) is 3.